The van der Waals surface area contributed by atoms with Crippen LogP contribution in [0.1, 0.15) is 21.5 Å². The molecule has 3 N–H and O–H groups in total. The summed E-state index contributed by atoms with van der Waals surface area (Å²) >= 11 is 0. The molecule has 3 aromatic rings. The quantitative estimate of drug-likeness (QED) is 0.500. The van der Waals surface area contributed by atoms with Crippen LogP contribution in [-0.2, 0) is 0 Å². The predicted octanol–water partition coefficient (Wildman–Crippen LogP) is 2.92. The maximum atomic E-state index is 12.2. The number of aromatic hydroxyl groups is 2. The minimum atomic E-state index is -0.554. The first-order chi connectivity index (χ1) is 12.0. The summed E-state index contributed by atoms with van der Waals surface area (Å²) in [7, 11) is 1.44. The van der Waals surface area contributed by atoms with Crippen LogP contribution in [0.4, 0.5) is 0 Å². The summed E-state index contributed by atoms with van der Waals surface area (Å²) in [6.07, 6.45) is 2.92. The number of amides is 1. The number of phenolic OH excluding ortho intramolecular Hbond substituents is 2. The monoisotopic (exact) mass is 340 g/mol. The molecule has 0 saturated carbocycles. The standard InChI is InChI=1S/C18H16N2O5/c1-10-9-25-14-6-4-12(17(22)16(10)14)18(23)20-19-8-11-3-5-13(21)15(7-11)24-2/h3-9,21-22H,1-2H3,(H,20,23)/b19-8+. The molecule has 0 unspecified atom stereocenters. The Labute approximate surface area is 143 Å². The number of ether oxygens (including phenoxy) is 1. The molecule has 128 valence electrons. The van der Waals surface area contributed by atoms with Crippen molar-refractivity contribution < 1.29 is 24.2 Å². The summed E-state index contributed by atoms with van der Waals surface area (Å²) in [5, 5.41) is 24.2. The number of carbonyl (C=O) groups excluding carboxylic acids is 1. The fourth-order valence-electron chi connectivity index (χ4n) is 2.45. The highest BCUT2D eigenvalue weighted by molar-refractivity contribution is 6.03. The number of rotatable bonds is 4. The minimum absolute atomic E-state index is 0.0115. The number of carbonyl (C=O) groups is 1. The average Bonchev–Trinajstić information content (AvgIpc) is 2.98. The van der Waals surface area contributed by atoms with E-state index in [4.69, 9.17) is 9.15 Å². The van der Waals surface area contributed by atoms with Gasteiger partial charge in [0.15, 0.2) is 11.5 Å². The summed E-state index contributed by atoms with van der Waals surface area (Å²) in [5.74, 6) is -0.393. The van der Waals surface area contributed by atoms with Gasteiger partial charge >= 0.3 is 0 Å². The smallest absolute Gasteiger partial charge is 0.275 e. The van der Waals surface area contributed by atoms with Gasteiger partial charge in [0.05, 0.1) is 30.5 Å². The number of fused-ring (bicyclic) bond motifs is 1. The summed E-state index contributed by atoms with van der Waals surface area (Å²) in [6, 6.07) is 7.74. The van der Waals surface area contributed by atoms with E-state index >= 15 is 0 Å². The molecule has 0 atom stereocenters. The van der Waals surface area contributed by atoms with Crippen molar-refractivity contribution in [1.82, 2.24) is 5.43 Å². The number of nitrogens with one attached hydrogen (secondary N) is 1. The Hall–Kier alpha value is -3.48. The van der Waals surface area contributed by atoms with Crippen molar-refractivity contribution in [3.8, 4) is 17.2 Å². The zero-order chi connectivity index (χ0) is 18.0. The predicted molar refractivity (Wildman–Crippen MR) is 92.3 cm³/mol. The summed E-state index contributed by atoms with van der Waals surface area (Å²) in [4.78, 5) is 12.2. The van der Waals surface area contributed by atoms with Gasteiger partial charge in [0, 0.05) is 0 Å². The second-order valence-corrected chi connectivity index (χ2v) is 5.38. The number of hydrazone groups is 1. The number of nitrogens with zero attached hydrogens (tertiary/aromatic N) is 1. The minimum Gasteiger partial charge on any atom is -0.506 e. The third-order valence-corrected chi connectivity index (χ3v) is 3.72. The van der Waals surface area contributed by atoms with Crippen LogP contribution in [0.25, 0.3) is 11.0 Å². The maximum absolute atomic E-state index is 12.2. The first kappa shape index (κ1) is 16.4. The van der Waals surface area contributed by atoms with E-state index in [0.717, 1.165) is 5.56 Å². The molecule has 3 rings (SSSR count). The van der Waals surface area contributed by atoms with Crippen molar-refractivity contribution in [3.05, 3.63) is 53.3 Å². The Kier molecular flexibility index (Phi) is 4.30. The van der Waals surface area contributed by atoms with E-state index in [-0.39, 0.29) is 17.1 Å². The van der Waals surface area contributed by atoms with Crippen LogP contribution in [0.15, 0.2) is 46.1 Å². The Balaban J connectivity index is 1.79. The fourth-order valence-corrected chi connectivity index (χ4v) is 2.45. The molecule has 0 saturated heterocycles. The Bertz CT molecular complexity index is 975. The Morgan fingerprint density at radius 2 is 2.08 bits per heavy atom. The molecule has 0 aliphatic rings. The van der Waals surface area contributed by atoms with Crippen molar-refractivity contribution in [2.45, 2.75) is 6.92 Å². The maximum Gasteiger partial charge on any atom is 0.275 e. The number of hydrogen-bond donors (Lipinski definition) is 3. The number of phenols is 2. The summed E-state index contributed by atoms with van der Waals surface area (Å²) in [5.41, 5.74) is 4.32. The lowest BCUT2D eigenvalue weighted by molar-refractivity contribution is 0.0952. The SMILES string of the molecule is COc1cc(/C=N/NC(=O)c2ccc3occ(C)c3c2O)ccc1O. The van der Waals surface area contributed by atoms with Crippen LogP contribution < -0.4 is 10.2 Å². The van der Waals surface area contributed by atoms with E-state index in [2.05, 4.69) is 10.5 Å². The van der Waals surface area contributed by atoms with Gasteiger partial charge in [0.1, 0.15) is 11.3 Å². The highest BCUT2D eigenvalue weighted by Gasteiger charge is 2.16. The van der Waals surface area contributed by atoms with E-state index in [1.807, 2.05) is 0 Å². The first-order valence-electron chi connectivity index (χ1n) is 7.41. The van der Waals surface area contributed by atoms with Crippen LogP contribution in [-0.4, -0.2) is 29.4 Å². The number of aryl methyl sites for hydroxylation is 1. The van der Waals surface area contributed by atoms with Gasteiger partial charge in [-0.05, 0) is 48.4 Å². The molecule has 0 spiro atoms. The van der Waals surface area contributed by atoms with Crippen molar-refractivity contribution in [2.75, 3.05) is 7.11 Å². The van der Waals surface area contributed by atoms with E-state index in [0.29, 0.717) is 22.3 Å². The average molecular weight is 340 g/mol. The molecule has 1 heterocycles. The Morgan fingerprint density at radius 3 is 2.84 bits per heavy atom. The van der Waals surface area contributed by atoms with Crippen LogP contribution in [0.2, 0.25) is 0 Å². The van der Waals surface area contributed by atoms with Crippen LogP contribution in [0.5, 0.6) is 17.2 Å². The van der Waals surface area contributed by atoms with Gasteiger partial charge in [-0.2, -0.15) is 5.10 Å². The molecule has 0 aliphatic carbocycles. The zero-order valence-electron chi connectivity index (χ0n) is 13.6. The molecule has 7 nitrogen and oxygen atoms in total. The molecule has 0 fully saturated rings. The van der Waals surface area contributed by atoms with E-state index in [1.54, 1.807) is 25.1 Å². The lowest BCUT2D eigenvalue weighted by Gasteiger charge is -2.05. The number of furan rings is 1. The van der Waals surface area contributed by atoms with Gasteiger partial charge in [0.2, 0.25) is 0 Å². The topological polar surface area (TPSA) is 104 Å². The molecular weight excluding hydrogens is 324 g/mol. The normalized spacial score (nSPS) is 11.1. The van der Waals surface area contributed by atoms with Gasteiger partial charge in [-0.15, -0.1) is 0 Å². The third kappa shape index (κ3) is 3.12. The lowest BCUT2D eigenvalue weighted by Crippen LogP contribution is -2.17. The van der Waals surface area contributed by atoms with Crippen LogP contribution in [0, 0.1) is 6.92 Å². The molecule has 7 heteroatoms. The van der Waals surface area contributed by atoms with E-state index in [1.165, 1.54) is 31.7 Å². The largest absolute Gasteiger partial charge is 0.506 e. The highest BCUT2D eigenvalue weighted by Crippen LogP contribution is 2.32. The van der Waals surface area contributed by atoms with Crippen molar-refractivity contribution in [3.63, 3.8) is 0 Å². The Morgan fingerprint density at radius 1 is 1.28 bits per heavy atom. The van der Waals surface area contributed by atoms with Crippen LogP contribution in [0.3, 0.4) is 0 Å². The number of methoxy groups -OCH3 is 1. The molecule has 1 aromatic heterocycles. The molecule has 2 aromatic carbocycles. The first-order valence-corrected chi connectivity index (χ1v) is 7.41. The third-order valence-electron chi connectivity index (χ3n) is 3.72. The van der Waals surface area contributed by atoms with Crippen LogP contribution >= 0.6 is 0 Å². The second-order valence-electron chi connectivity index (χ2n) is 5.38. The lowest BCUT2D eigenvalue weighted by atomic mass is 10.1. The number of benzene rings is 2. The molecule has 25 heavy (non-hydrogen) atoms. The zero-order valence-corrected chi connectivity index (χ0v) is 13.6. The van der Waals surface area contributed by atoms with Gasteiger partial charge < -0.3 is 19.4 Å². The highest BCUT2D eigenvalue weighted by atomic mass is 16.5. The van der Waals surface area contributed by atoms with Gasteiger partial charge in [0.25, 0.3) is 5.91 Å². The molecule has 1 amide bonds. The molecule has 0 aliphatic heterocycles. The summed E-state index contributed by atoms with van der Waals surface area (Å²) in [6.45, 7) is 1.78. The van der Waals surface area contributed by atoms with Gasteiger partial charge in [-0.3, -0.25) is 4.79 Å². The summed E-state index contributed by atoms with van der Waals surface area (Å²) < 4.78 is 10.3. The molecule has 0 radical (unpaired) electrons. The van der Waals surface area contributed by atoms with Crippen molar-refractivity contribution >= 4 is 23.1 Å². The van der Waals surface area contributed by atoms with E-state index < -0.39 is 5.91 Å². The fraction of sp³-hybridized carbons (Fsp3) is 0.111. The van der Waals surface area contributed by atoms with E-state index in [9.17, 15) is 15.0 Å². The van der Waals surface area contributed by atoms with Gasteiger partial charge in [-0.25, -0.2) is 5.43 Å². The van der Waals surface area contributed by atoms with Crippen molar-refractivity contribution in [2.24, 2.45) is 5.10 Å². The van der Waals surface area contributed by atoms with Crippen molar-refractivity contribution in [1.29, 1.82) is 0 Å². The molecule has 0 bridgehead atoms. The second kappa shape index (κ2) is 6.56. The number of hydrogen-bond acceptors (Lipinski definition) is 6. The molecular formula is C18H16N2O5. The van der Waals surface area contributed by atoms with Gasteiger partial charge in [-0.1, -0.05) is 0 Å².